The van der Waals surface area contributed by atoms with Gasteiger partial charge in [0.15, 0.2) is 0 Å². The third kappa shape index (κ3) is 3.20. The summed E-state index contributed by atoms with van der Waals surface area (Å²) in [5, 5.41) is 3.88. The maximum atomic E-state index is 5.74. The number of nitrogens with one attached hydrogen (secondary N) is 1. The number of hydrogen-bond acceptors (Lipinski definition) is 2. The van der Waals surface area contributed by atoms with E-state index in [1.807, 2.05) is 24.3 Å². The minimum Gasteiger partial charge on any atom is -0.377 e. The average molecular weight is 312 g/mol. The summed E-state index contributed by atoms with van der Waals surface area (Å²) in [6.45, 7) is 2.11. The predicted octanol–water partition coefficient (Wildman–Crippen LogP) is 4.67. The minimum atomic E-state index is 0.202. The van der Waals surface area contributed by atoms with E-state index in [1.54, 1.807) is 12.3 Å². The van der Waals surface area contributed by atoms with E-state index in [-0.39, 0.29) is 6.04 Å². The number of rotatable bonds is 3. The maximum Gasteiger partial charge on any atom is 0.129 e. The van der Waals surface area contributed by atoms with Crippen LogP contribution in [0, 0.1) is 0 Å². The molecule has 0 radical (unpaired) electrons. The highest BCUT2D eigenvalue weighted by molar-refractivity contribution is 9.10. The Balaban J connectivity index is 2.14. The third-order valence-corrected chi connectivity index (χ3v) is 3.43. The second-order valence-electron chi connectivity index (χ2n) is 3.76. The van der Waals surface area contributed by atoms with E-state index in [0.29, 0.717) is 5.15 Å². The van der Waals surface area contributed by atoms with E-state index in [1.165, 1.54) is 5.56 Å². The van der Waals surface area contributed by atoms with E-state index in [4.69, 9.17) is 11.6 Å². The summed E-state index contributed by atoms with van der Waals surface area (Å²) in [4.78, 5) is 4.04. The van der Waals surface area contributed by atoms with Crippen molar-refractivity contribution in [1.29, 1.82) is 0 Å². The third-order valence-electron chi connectivity index (χ3n) is 2.48. The zero-order chi connectivity index (χ0) is 12.3. The van der Waals surface area contributed by atoms with Gasteiger partial charge in [0.05, 0.1) is 11.9 Å². The van der Waals surface area contributed by atoms with Crippen LogP contribution >= 0.6 is 27.5 Å². The standard InChI is InChI=1S/C13H12BrClN2/c1-9(11-4-2-3-5-12(11)14)17-10-6-7-13(15)16-8-10/h2-9,17H,1H3. The topological polar surface area (TPSA) is 24.9 Å². The van der Waals surface area contributed by atoms with Crippen molar-refractivity contribution in [2.45, 2.75) is 13.0 Å². The SMILES string of the molecule is CC(Nc1ccc(Cl)nc1)c1ccccc1Br. The van der Waals surface area contributed by atoms with Crippen molar-refractivity contribution in [2.24, 2.45) is 0 Å². The molecular formula is C13H12BrClN2. The highest BCUT2D eigenvalue weighted by Gasteiger charge is 2.08. The molecule has 0 fully saturated rings. The molecule has 2 nitrogen and oxygen atoms in total. The lowest BCUT2D eigenvalue weighted by Crippen LogP contribution is -2.07. The first-order chi connectivity index (χ1) is 8.16. The lowest BCUT2D eigenvalue weighted by atomic mass is 10.1. The van der Waals surface area contributed by atoms with Gasteiger partial charge >= 0.3 is 0 Å². The van der Waals surface area contributed by atoms with Crippen LogP contribution in [0.25, 0.3) is 0 Å². The molecule has 0 amide bonds. The van der Waals surface area contributed by atoms with Crippen LogP contribution in [0.1, 0.15) is 18.5 Å². The molecule has 0 saturated carbocycles. The fourth-order valence-electron chi connectivity index (χ4n) is 1.62. The minimum absolute atomic E-state index is 0.202. The van der Waals surface area contributed by atoms with Gasteiger partial charge in [0.25, 0.3) is 0 Å². The number of nitrogens with zero attached hydrogens (tertiary/aromatic N) is 1. The first kappa shape index (κ1) is 12.4. The number of pyridine rings is 1. The van der Waals surface area contributed by atoms with Crippen LogP contribution in [0.2, 0.25) is 5.15 Å². The molecule has 88 valence electrons. The van der Waals surface area contributed by atoms with Crippen LogP contribution in [0.5, 0.6) is 0 Å². The van der Waals surface area contributed by atoms with Crippen LogP contribution in [0.3, 0.4) is 0 Å². The zero-order valence-corrected chi connectivity index (χ0v) is 11.7. The number of aromatic nitrogens is 1. The molecule has 0 aliphatic carbocycles. The van der Waals surface area contributed by atoms with Crippen molar-refractivity contribution in [3.8, 4) is 0 Å². The summed E-state index contributed by atoms with van der Waals surface area (Å²) in [6, 6.07) is 12.1. The maximum absolute atomic E-state index is 5.74. The smallest absolute Gasteiger partial charge is 0.129 e. The monoisotopic (exact) mass is 310 g/mol. The van der Waals surface area contributed by atoms with E-state index in [0.717, 1.165) is 10.2 Å². The van der Waals surface area contributed by atoms with Gasteiger partial charge in [-0.05, 0) is 30.7 Å². The van der Waals surface area contributed by atoms with Crippen LogP contribution < -0.4 is 5.32 Å². The van der Waals surface area contributed by atoms with Crippen LogP contribution in [0.4, 0.5) is 5.69 Å². The largest absolute Gasteiger partial charge is 0.377 e. The van der Waals surface area contributed by atoms with E-state index < -0.39 is 0 Å². The molecule has 0 aliphatic rings. The summed E-state index contributed by atoms with van der Waals surface area (Å²) < 4.78 is 1.10. The van der Waals surface area contributed by atoms with Gasteiger partial charge in [0.2, 0.25) is 0 Å². The number of anilines is 1. The zero-order valence-electron chi connectivity index (χ0n) is 9.32. The Hall–Kier alpha value is -1.06. The molecule has 1 atom stereocenters. The summed E-state index contributed by atoms with van der Waals surface area (Å²) >= 11 is 9.29. The summed E-state index contributed by atoms with van der Waals surface area (Å²) in [5.41, 5.74) is 2.17. The molecule has 1 N–H and O–H groups in total. The van der Waals surface area contributed by atoms with Crippen LogP contribution in [-0.4, -0.2) is 4.98 Å². The van der Waals surface area contributed by atoms with Gasteiger partial charge < -0.3 is 5.32 Å². The predicted molar refractivity (Wildman–Crippen MR) is 75.4 cm³/mol. The van der Waals surface area contributed by atoms with E-state index in [2.05, 4.69) is 39.2 Å². The quantitative estimate of drug-likeness (QED) is 0.833. The lowest BCUT2D eigenvalue weighted by molar-refractivity contribution is 0.877. The van der Waals surface area contributed by atoms with Gasteiger partial charge in [-0.25, -0.2) is 4.98 Å². The number of benzene rings is 1. The molecule has 1 heterocycles. The Morgan fingerprint density at radius 2 is 2.00 bits per heavy atom. The van der Waals surface area contributed by atoms with Gasteiger partial charge in [-0.15, -0.1) is 0 Å². The summed E-state index contributed by atoms with van der Waals surface area (Å²) in [6.07, 6.45) is 1.73. The van der Waals surface area contributed by atoms with Crippen molar-refractivity contribution in [2.75, 3.05) is 5.32 Å². The molecule has 4 heteroatoms. The molecule has 2 rings (SSSR count). The fourth-order valence-corrected chi connectivity index (χ4v) is 2.36. The van der Waals surface area contributed by atoms with Gasteiger partial charge in [-0.2, -0.15) is 0 Å². The van der Waals surface area contributed by atoms with Gasteiger partial charge in [-0.1, -0.05) is 45.7 Å². The van der Waals surface area contributed by atoms with Gasteiger partial charge in [0, 0.05) is 10.5 Å². The highest BCUT2D eigenvalue weighted by Crippen LogP contribution is 2.25. The summed E-state index contributed by atoms with van der Waals surface area (Å²) in [5.74, 6) is 0. The molecule has 0 bridgehead atoms. The van der Waals surface area contributed by atoms with Crippen molar-refractivity contribution in [3.05, 3.63) is 57.8 Å². The first-order valence-electron chi connectivity index (χ1n) is 5.29. The number of hydrogen-bond donors (Lipinski definition) is 1. The van der Waals surface area contributed by atoms with E-state index in [9.17, 15) is 0 Å². The molecule has 1 aromatic heterocycles. The lowest BCUT2D eigenvalue weighted by Gasteiger charge is -2.16. The summed E-state index contributed by atoms with van der Waals surface area (Å²) in [7, 11) is 0. The Morgan fingerprint density at radius 1 is 1.24 bits per heavy atom. The Bertz CT molecular complexity index is 499. The second kappa shape index (κ2) is 5.52. The molecule has 17 heavy (non-hydrogen) atoms. The van der Waals surface area contributed by atoms with Crippen molar-refractivity contribution < 1.29 is 0 Å². The second-order valence-corrected chi connectivity index (χ2v) is 5.00. The Kier molecular flexibility index (Phi) is 4.02. The Labute approximate surface area is 114 Å². The van der Waals surface area contributed by atoms with Crippen molar-refractivity contribution >= 4 is 33.2 Å². The Morgan fingerprint density at radius 3 is 2.65 bits per heavy atom. The average Bonchev–Trinajstić information content (AvgIpc) is 2.32. The fraction of sp³-hybridized carbons (Fsp3) is 0.154. The molecule has 1 unspecified atom stereocenters. The van der Waals surface area contributed by atoms with E-state index >= 15 is 0 Å². The highest BCUT2D eigenvalue weighted by atomic mass is 79.9. The molecule has 0 saturated heterocycles. The van der Waals surface area contributed by atoms with Crippen LogP contribution in [0.15, 0.2) is 47.1 Å². The van der Waals surface area contributed by atoms with Crippen molar-refractivity contribution in [1.82, 2.24) is 4.98 Å². The van der Waals surface area contributed by atoms with Crippen molar-refractivity contribution in [3.63, 3.8) is 0 Å². The molecule has 2 aromatic rings. The number of halogens is 2. The first-order valence-corrected chi connectivity index (χ1v) is 6.46. The van der Waals surface area contributed by atoms with Gasteiger partial charge in [0.1, 0.15) is 5.15 Å². The molecule has 0 aliphatic heterocycles. The van der Waals surface area contributed by atoms with Gasteiger partial charge in [-0.3, -0.25) is 0 Å². The van der Waals surface area contributed by atoms with Crippen LogP contribution in [-0.2, 0) is 0 Å². The normalized spacial score (nSPS) is 12.2. The molecular weight excluding hydrogens is 300 g/mol. The molecule has 1 aromatic carbocycles. The molecule has 0 spiro atoms.